The van der Waals surface area contributed by atoms with Gasteiger partial charge in [0.2, 0.25) is 0 Å². The number of benzene rings is 1. The second-order valence-electron chi connectivity index (χ2n) is 4.47. The third-order valence-corrected chi connectivity index (χ3v) is 3.46. The van der Waals surface area contributed by atoms with Crippen molar-refractivity contribution in [3.63, 3.8) is 0 Å². The topological polar surface area (TPSA) is 46.9 Å². The van der Waals surface area contributed by atoms with Gasteiger partial charge in [0.15, 0.2) is 0 Å². The van der Waals surface area contributed by atoms with Crippen molar-refractivity contribution in [1.82, 2.24) is 15.1 Å². The van der Waals surface area contributed by atoms with E-state index in [9.17, 15) is 4.79 Å². The molecule has 4 nitrogen and oxygen atoms in total. The molecular formula is C14H16BrN3O. The summed E-state index contributed by atoms with van der Waals surface area (Å²) in [7, 11) is 1.88. The molecule has 0 fully saturated rings. The van der Waals surface area contributed by atoms with Crippen molar-refractivity contribution < 1.29 is 4.79 Å². The van der Waals surface area contributed by atoms with E-state index < -0.39 is 0 Å². The molecule has 0 aliphatic rings. The molecule has 0 spiro atoms. The van der Waals surface area contributed by atoms with Gasteiger partial charge in [0.1, 0.15) is 0 Å². The summed E-state index contributed by atoms with van der Waals surface area (Å²) in [5.41, 5.74) is 2.76. The molecular weight excluding hydrogens is 306 g/mol. The molecule has 1 N–H and O–H groups in total. The molecule has 0 aliphatic carbocycles. The van der Waals surface area contributed by atoms with Crippen LogP contribution in [0.25, 0.3) is 0 Å². The van der Waals surface area contributed by atoms with Gasteiger partial charge in [0, 0.05) is 30.7 Å². The van der Waals surface area contributed by atoms with E-state index in [2.05, 4.69) is 26.3 Å². The van der Waals surface area contributed by atoms with Crippen LogP contribution in [0.3, 0.4) is 0 Å². The third-order valence-electron chi connectivity index (χ3n) is 2.80. The van der Waals surface area contributed by atoms with E-state index in [1.165, 1.54) is 0 Å². The molecule has 1 aromatic carbocycles. The van der Waals surface area contributed by atoms with E-state index in [4.69, 9.17) is 0 Å². The molecule has 1 aromatic heterocycles. The first-order valence-electron chi connectivity index (χ1n) is 6.09. The van der Waals surface area contributed by atoms with Crippen molar-refractivity contribution in [3.05, 3.63) is 51.8 Å². The van der Waals surface area contributed by atoms with Gasteiger partial charge in [-0.25, -0.2) is 0 Å². The quantitative estimate of drug-likeness (QED) is 0.940. The summed E-state index contributed by atoms with van der Waals surface area (Å²) in [6, 6.07) is 7.65. The van der Waals surface area contributed by atoms with E-state index >= 15 is 0 Å². The highest BCUT2D eigenvalue weighted by atomic mass is 79.9. The van der Waals surface area contributed by atoms with Crippen molar-refractivity contribution >= 4 is 21.8 Å². The summed E-state index contributed by atoms with van der Waals surface area (Å²) in [6.45, 7) is 2.57. The van der Waals surface area contributed by atoms with Gasteiger partial charge < -0.3 is 5.32 Å². The number of rotatable bonds is 4. The standard InChI is InChI=1S/C14H16BrN3O/c1-10-3-4-12(13(15)9-10)14(19)16-7-5-11-6-8-18(2)17-11/h3-4,6,8-9H,5,7H2,1-2H3,(H,16,19). The second kappa shape index (κ2) is 6.02. The van der Waals surface area contributed by atoms with Crippen LogP contribution >= 0.6 is 15.9 Å². The Kier molecular flexibility index (Phi) is 4.37. The normalized spacial score (nSPS) is 10.5. The fraction of sp³-hybridized carbons (Fsp3) is 0.286. The average Bonchev–Trinajstić information content (AvgIpc) is 2.75. The summed E-state index contributed by atoms with van der Waals surface area (Å²) in [5, 5.41) is 7.16. The van der Waals surface area contributed by atoms with Gasteiger partial charge in [-0.1, -0.05) is 6.07 Å². The predicted molar refractivity (Wildman–Crippen MR) is 78.1 cm³/mol. The molecule has 0 saturated heterocycles. The number of aryl methyl sites for hydroxylation is 2. The van der Waals surface area contributed by atoms with Crippen molar-refractivity contribution in [2.24, 2.45) is 7.05 Å². The zero-order chi connectivity index (χ0) is 13.8. The van der Waals surface area contributed by atoms with Gasteiger partial charge >= 0.3 is 0 Å². The Morgan fingerprint density at radius 3 is 2.84 bits per heavy atom. The molecule has 0 radical (unpaired) electrons. The maximum atomic E-state index is 12.0. The number of aromatic nitrogens is 2. The largest absolute Gasteiger partial charge is 0.352 e. The number of carbonyl (C=O) groups excluding carboxylic acids is 1. The van der Waals surface area contributed by atoms with E-state index in [1.807, 2.05) is 44.4 Å². The zero-order valence-electron chi connectivity index (χ0n) is 11.0. The van der Waals surface area contributed by atoms with E-state index in [-0.39, 0.29) is 5.91 Å². The number of nitrogens with zero attached hydrogens (tertiary/aromatic N) is 2. The maximum Gasteiger partial charge on any atom is 0.252 e. The Morgan fingerprint density at radius 2 is 2.21 bits per heavy atom. The minimum absolute atomic E-state index is 0.0668. The molecule has 1 heterocycles. The number of halogens is 1. The summed E-state index contributed by atoms with van der Waals surface area (Å²) < 4.78 is 2.58. The second-order valence-corrected chi connectivity index (χ2v) is 5.32. The lowest BCUT2D eigenvalue weighted by molar-refractivity contribution is 0.0953. The van der Waals surface area contributed by atoms with Crippen molar-refractivity contribution in [2.45, 2.75) is 13.3 Å². The number of amides is 1. The minimum Gasteiger partial charge on any atom is -0.352 e. The number of hydrogen-bond acceptors (Lipinski definition) is 2. The van der Waals surface area contributed by atoms with Crippen molar-refractivity contribution in [2.75, 3.05) is 6.54 Å². The summed E-state index contributed by atoms with van der Waals surface area (Å²) in [4.78, 5) is 12.0. The average molecular weight is 322 g/mol. The molecule has 19 heavy (non-hydrogen) atoms. The molecule has 100 valence electrons. The number of carbonyl (C=O) groups is 1. The van der Waals surface area contributed by atoms with E-state index in [0.717, 1.165) is 22.2 Å². The Balaban J connectivity index is 1.90. The van der Waals surface area contributed by atoms with Crippen LogP contribution in [0, 0.1) is 6.92 Å². The van der Waals surface area contributed by atoms with Crippen LogP contribution in [0.1, 0.15) is 21.6 Å². The van der Waals surface area contributed by atoms with Gasteiger partial charge in [-0.2, -0.15) is 5.10 Å². The molecule has 2 rings (SSSR count). The molecule has 0 unspecified atom stereocenters. The van der Waals surface area contributed by atoms with Crippen LogP contribution in [-0.4, -0.2) is 22.2 Å². The lowest BCUT2D eigenvalue weighted by Crippen LogP contribution is -2.26. The fourth-order valence-electron chi connectivity index (χ4n) is 1.80. The summed E-state index contributed by atoms with van der Waals surface area (Å²) in [5.74, 6) is -0.0668. The minimum atomic E-state index is -0.0668. The monoisotopic (exact) mass is 321 g/mol. The summed E-state index contributed by atoms with van der Waals surface area (Å²) >= 11 is 3.41. The van der Waals surface area contributed by atoms with Crippen molar-refractivity contribution in [3.8, 4) is 0 Å². The number of hydrogen-bond donors (Lipinski definition) is 1. The van der Waals surface area contributed by atoms with Gasteiger partial charge in [-0.05, 0) is 46.6 Å². The molecule has 0 saturated carbocycles. The Hall–Kier alpha value is -1.62. The van der Waals surface area contributed by atoms with Crippen LogP contribution in [0.15, 0.2) is 34.9 Å². The Morgan fingerprint density at radius 1 is 1.42 bits per heavy atom. The van der Waals surface area contributed by atoms with Crippen LogP contribution in [-0.2, 0) is 13.5 Å². The van der Waals surface area contributed by atoms with Crippen LogP contribution in [0.5, 0.6) is 0 Å². The van der Waals surface area contributed by atoms with Gasteiger partial charge in [-0.15, -0.1) is 0 Å². The molecule has 2 aromatic rings. The molecule has 1 amide bonds. The maximum absolute atomic E-state index is 12.0. The molecule has 0 atom stereocenters. The first-order valence-corrected chi connectivity index (χ1v) is 6.88. The lowest BCUT2D eigenvalue weighted by Gasteiger charge is -2.06. The van der Waals surface area contributed by atoms with Crippen molar-refractivity contribution in [1.29, 1.82) is 0 Å². The first kappa shape index (κ1) is 13.8. The van der Waals surface area contributed by atoms with Gasteiger partial charge in [0.05, 0.1) is 11.3 Å². The SMILES string of the molecule is Cc1ccc(C(=O)NCCc2ccn(C)n2)c(Br)c1. The van der Waals surface area contributed by atoms with Crippen LogP contribution < -0.4 is 5.32 Å². The third kappa shape index (κ3) is 3.67. The zero-order valence-corrected chi connectivity index (χ0v) is 12.6. The van der Waals surface area contributed by atoms with Gasteiger partial charge in [-0.3, -0.25) is 9.48 Å². The highest BCUT2D eigenvalue weighted by Crippen LogP contribution is 2.18. The highest BCUT2D eigenvalue weighted by Gasteiger charge is 2.09. The van der Waals surface area contributed by atoms with E-state index in [0.29, 0.717) is 12.1 Å². The highest BCUT2D eigenvalue weighted by molar-refractivity contribution is 9.10. The molecule has 0 bridgehead atoms. The Labute approximate surface area is 120 Å². The lowest BCUT2D eigenvalue weighted by atomic mass is 10.1. The Bertz CT molecular complexity index is 592. The predicted octanol–water partition coefficient (Wildman–Crippen LogP) is 2.46. The fourth-order valence-corrected chi connectivity index (χ4v) is 2.47. The van der Waals surface area contributed by atoms with Crippen LogP contribution in [0.4, 0.5) is 0 Å². The molecule has 0 aliphatic heterocycles. The molecule has 5 heteroatoms. The summed E-state index contributed by atoms with van der Waals surface area (Å²) in [6.07, 6.45) is 2.63. The van der Waals surface area contributed by atoms with Crippen LogP contribution in [0.2, 0.25) is 0 Å². The van der Waals surface area contributed by atoms with E-state index in [1.54, 1.807) is 4.68 Å². The smallest absolute Gasteiger partial charge is 0.252 e. The number of nitrogens with one attached hydrogen (secondary N) is 1. The van der Waals surface area contributed by atoms with Gasteiger partial charge in [0.25, 0.3) is 5.91 Å². The first-order chi connectivity index (χ1) is 9.06.